The highest BCUT2D eigenvalue weighted by atomic mass is 16.7. The normalized spacial score (nSPS) is 13.2. The molecule has 0 heterocycles. The average Bonchev–Trinajstić information content (AvgIpc) is 1.99. The van der Waals surface area contributed by atoms with Gasteiger partial charge in [0.15, 0.2) is 0 Å². The molecule has 0 aliphatic rings. The van der Waals surface area contributed by atoms with Crippen LogP contribution in [-0.2, 0) is 19.2 Å². The lowest BCUT2D eigenvalue weighted by Gasteiger charge is -2.20. The molecule has 82 valence electrons. The minimum absolute atomic E-state index is 0.243. The van der Waals surface area contributed by atoms with E-state index in [9.17, 15) is 9.59 Å². The summed E-state index contributed by atoms with van der Waals surface area (Å²) in [6, 6.07) is -1.07. The van der Waals surface area contributed by atoms with Crippen molar-refractivity contribution in [1.29, 1.82) is 0 Å². The van der Waals surface area contributed by atoms with E-state index in [0.717, 1.165) is 0 Å². The Kier molecular flexibility index (Phi) is 4.52. The largest absolute Gasteiger partial charge is 0.460 e. The lowest BCUT2D eigenvalue weighted by Crippen LogP contribution is -2.37. The summed E-state index contributed by atoms with van der Waals surface area (Å²) < 4.78 is 4.94. The Morgan fingerprint density at radius 1 is 1.36 bits per heavy atom. The molecule has 1 atom stereocenters. The Labute approximate surface area is 82.5 Å². The van der Waals surface area contributed by atoms with Gasteiger partial charge in [0.1, 0.15) is 11.6 Å². The van der Waals surface area contributed by atoms with E-state index < -0.39 is 23.6 Å². The van der Waals surface area contributed by atoms with Crippen LogP contribution in [0.3, 0.4) is 0 Å². The van der Waals surface area contributed by atoms with E-state index >= 15 is 0 Å². The summed E-state index contributed by atoms with van der Waals surface area (Å²) in [6.07, 6.45) is -0.243. The van der Waals surface area contributed by atoms with Crippen molar-refractivity contribution in [2.75, 3.05) is 0 Å². The van der Waals surface area contributed by atoms with E-state index in [-0.39, 0.29) is 6.42 Å². The van der Waals surface area contributed by atoms with Crippen molar-refractivity contribution in [3.8, 4) is 0 Å². The predicted molar refractivity (Wildman–Crippen MR) is 48.7 cm³/mol. The summed E-state index contributed by atoms with van der Waals surface area (Å²) in [7, 11) is 0. The maximum atomic E-state index is 11.1. The van der Waals surface area contributed by atoms with Crippen molar-refractivity contribution in [3.63, 3.8) is 0 Å². The molecule has 0 aromatic carbocycles. The van der Waals surface area contributed by atoms with Crippen molar-refractivity contribution < 1.29 is 19.2 Å². The summed E-state index contributed by atoms with van der Waals surface area (Å²) in [6.45, 7) is 5.16. The number of hydrogen-bond acceptors (Lipinski definition) is 6. The highest BCUT2D eigenvalue weighted by Gasteiger charge is 2.23. The molecule has 0 aromatic heterocycles. The molecule has 0 spiro atoms. The monoisotopic (exact) mass is 204 g/mol. The lowest BCUT2D eigenvalue weighted by molar-refractivity contribution is -0.159. The number of hydrogen-bond donors (Lipinski definition) is 2. The Morgan fingerprint density at radius 3 is 2.21 bits per heavy atom. The molecule has 0 saturated carbocycles. The van der Waals surface area contributed by atoms with Gasteiger partial charge in [-0.1, -0.05) is 0 Å². The predicted octanol–water partition coefficient (Wildman–Crippen LogP) is -0.538. The van der Waals surface area contributed by atoms with E-state index in [1.165, 1.54) is 0 Å². The van der Waals surface area contributed by atoms with Gasteiger partial charge in [0.2, 0.25) is 0 Å². The van der Waals surface area contributed by atoms with Crippen LogP contribution < -0.4 is 11.6 Å². The minimum atomic E-state index is -1.07. The van der Waals surface area contributed by atoms with E-state index in [2.05, 4.69) is 10.7 Å². The summed E-state index contributed by atoms with van der Waals surface area (Å²) in [4.78, 5) is 25.7. The van der Waals surface area contributed by atoms with Crippen molar-refractivity contribution in [2.24, 2.45) is 11.6 Å². The van der Waals surface area contributed by atoms with Crippen molar-refractivity contribution in [2.45, 2.75) is 38.8 Å². The van der Waals surface area contributed by atoms with Crippen LogP contribution in [0.1, 0.15) is 27.2 Å². The standard InChI is InChI=1S/C8H16N2O4/c1-8(2,3)13-6(11)4-5(9)7(12)14-10/h5H,4,9-10H2,1-3H3/t5-/m1/s1. The Balaban J connectivity index is 4.01. The van der Waals surface area contributed by atoms with Gasteiger partial charge in [-0.2, -0.15) is 5.90 Å². The Morgan fingerprint density at radius 2 is 1.86 bits per heavy atom. The molecule has 0 bridgehead atoms. The molecule has 0 radical (unpaired) electrons. The van der Waals surface area contributed by atoms with Gasteiger partial charge in [0.05, 0.1) is 6.42 Å². The Bertz CT molecular complexity index is 222. The first kappa shape index (κ1) is 12.9. The molecule has 6 heteroatoms. The van der Waals surface area contributed by atoms with Gasteiger partial charge >= 0.3 is 11.9 Å². The first-order valence-electron chi connectivity index (χ1n) is 4.14. The molecule has 0 saturated heterocycles. The van der Waals surface area contributed by atoms with E-state index in [1.54, 1.807) is 20.8 Å². The fourth-order valence-electron chi connectivity index (χ4n) is 0.733. The smallest absolute Gasteiger partial charge is 0.341 e. The number of ether oxygens (including phenoxy) is 1. The highest BCUT2D eigenvalue weighted by molar-refractivity contribution is 5.82. The molecule has 6 nitrogen and oxygen atoms in total. The van der Waals surface area contributed by atoms with E-state index in [4.69, 9.17) is 10.5 Å². The maximum Gasteiger partial charge on any atom is 0.341 e. The SMILES string of the molecule is CC(C)(C)OC(=O)C[C@@H](N)C(=O)ON. The van der Waals surface area contributed by atoms with Crippen LogP contribution in [0.25, 0.3) is 0 Å². The molecule has 4 N–H and O–H groups in total. The molecular weight excluding hydrogens is 188 g/mol. The number of carbonyl (C=O) groups is 2. The van der Waals surface area contributed by atoms with Crippen LogP contribution in [0.2, 0.25) is 0 Å². The fraction of sp³-hybridized carbons (Fsp3) is 0.750. The highest BCUT2D eigenvalue weighted by Crippen LogP contribution is 2.08. The Hall–Kier alpha value is -1.14. The number of carbonyl (C=O) groups excluding carboxylic acids is 2. The van der Waals surface area contributed by atoms with Crippen LogP contribution in [0.15, 0.2) is 0 Å². The zero-order chi connectivity index (χ0) is 11.4. The minimum Gasteiger partial charge on any atom is -0.460 e. The first-order chi connectivity index (χ1) is 6.26. The molecule has 14 heavy (non-hydrogen) atoms. The van der Waals surface area contributed by atoms with Crippen LogP contribution in [0.5, 0.6) is 0 Å². The third kappa shape index (κ3) is 5.50. The molecule has 0 fully saturated rings. The van der Waals surface area contributed by atoms with Crippen molar-refractivity contribution in [3.05, 3.63) is 0 Å². The van der Waals surface area contributed by atoms with Crippen LogP contribution >= 0.6 is 0 Å². The molecule has 0 aliphatic carbocycles. The van der Waals surface area contributed by atoms with Gasteiger partial charge in [-0.25, -0.2) is 4.79 Å². The number of nitrogens with two attached hydrogens (primary N) is 2. The lowest BCUT2D eigenvalue weighted by atomic mass is 10.2. The zero-order valence-electron chi connectivity index (χ0n) is 8.57. The molecule has 0 aliphatic heterocycles. The molecule has 0 unspecified atom stereocenters. The number of esters is 1. The van der Waals surface area contributed by atoms with Crippen LogP contribution in [0, 0.1) is 0 Å². The average molecular weight is 204 g/mol. The van der Waals surface area contributed by atoms with Gasteiger partial charge in [0.25, 0.3) is 0 Å². The fourth-order valence-corrected chi connectivity index (χ4v) is 0.733. The van der Waals surface area contributed by atoms with Crippen molar-refractivity contribution in [1.82, 2.24) is 0 Å². The third-order valence-corrected chi connectivity index (χ3v) is 1.23. The van der Waals surface area contributed by atoms with Crippen molar-refractivity contribution >= 4 is 11.9 Å². The third-order valence-electron chi connectivity index (χ3n) is 1.23. The van der Waals surface area contributed by atoms with E-state index in [1.807, 2.05) is 0 Å². The van der Waals surface area contributed by atoms with Gasteiger partial charge in [-0.05, 0) is 20.8 Å². The second-order valence-electron chi connectivity index (χ2n) is 3.83. The summed E-state index contributed by atoms with van der Waals surface area (Å²) >= 11 is 0. The van der Waals surface area contributed by atoms with Gasteiger partial charge in [0, 0.05) is 0 Å². The topological polar surface area (TPSA) is 105 Å². The van der Waals surface area contributed by atoms with Crippen LogP contribution in [0.4, 0.5) is 0 Å². The quantitative estimate of drug-likeness (QED) is 0.472. The second-order valence-corrected chi connectivity index (χ2v) is 3.83. The van der Waals surface area contributed by atoms with Crippen LogP contribution in [-0.4, -0.2) is 23.6 Å². The van der Waals surface area contributed by atoms with E-state index in [0.29, 0.717) is 0 Å². The molecule has 0 aromatic rings. The summed E-state index contributed by atoms with van der Waals surface area (Å²) in [5, 5.41) is 0. The van der Waals surface area contributed by atoms with Gasteiger partial charge in [-0.3, -0.25) is 4.79 Å². The van der Waals surface area contributed by atoms with Gasteiger partial charge in [-0.15, -0.1) is 0 Å². The summed E-state index contributed by atoms with van der Waals surface area (Å²) in [5.74, 6) is 3.20. The first-order valence-corrected chi connectivity index (χ1v) is 4.14. The molecule has 0 amide bonds. The van der Waals surface area contributed by atoms with Gasteiger partial charge < -0.3 is 15.3 Å². The second kappa shape index (κ2) is 4.92. The maximum absolute atomic E-state index is 11.1. The number of rotatable bonds is 3. The molecular formula is C8H16N2O4. The zero-order valence-corrected chi connectivity index (χ0v) is 8.57. The molecule has 0 rings (SSSR count). The summed E-state index contributed by atoms with van der Waals surface area (Å²) in [5.41, 5.74) is 4.70.